The van der Waals surface area contributed by atoms with E-state index in [2.05, 4.69) is 0 Å². The minimum absolute atomic E-state index is 0.324. The average molecular weight is 310 g/mol. The normalized spacial score (nSPS) is 10.4. The van der Waals surface area contributed by atoms with Crippen LogP contribution in [-0.4, -0.2) is 11.1 Å². The molecule has 22 heavy (non-hydrogen) atoms. The molecule has 3 rings (SSSR count). The molecular weight excluding hydrogens is 296 g/mol. The molecule has 2 aromatic carbocycles. The lowest BCUT2D eigenvalue weighted by Gasteiger charge is -2.08. The second-order valence-corrected chi connectivity index (χ2v) is 5.69. The number of carboxylic acid groups (broad SMARTS) is 1. The van der Waals surface area contributed by atoms with Crippen LogP contribution in [0.4, 0.5) is 0 Å². The van der Waals surface area contributed by atoms with Crippen molar-refractivity contribution in [3.63, 3.8) is 0 Å². The van der Waals surface area contributed by atoms with Gasteiger partial charge in [0.05, 0.1) is 5.56 Å². The maximum absolute atomic E-state index is 11.2. The predicted molar refractivity (Wildman–Crippen MR) is 87.5 cm³/mol. The van der Waals surface area contributed by atoms with Gasteiger partial charge in [-0.25, -0.2) is 4.79 Å². The van der Waals surface area contributed by atoms with Crippen LogP contribution in [0.5, 0.6) is 5.75 Å². The van der Waals surface area contributed by atoms with Gasteiger partial charge in [-0.1, -0.05) is 42.5 Å². The van der Waals surface area contributed by atoms with E-state index in [1.807, 2.05) is 54.6 Å². The van der Waals surface area contributed by atoms with Gasteiger partial charge in [-0.2, -0.15) is 0 Å². The quantitative estimate of drug-likeness (QED) is 0.743. The maximum Gasteiger partial charge on any atom is 0.337 e. The summed E-state index contributed by atoms with van der Waals surface area (Å²) in [6, 6.07) is 19.1. The molecule has 3 aromatic rings. The molecule has 0 aliphatic rings. The highest BCUT2D eigenvalue weighted by Gasteiger charge is 2.13. The summed E-state index contributed by atoms with van der Waals surface area (Å²) in [6.07, 6.45) is 0. The maximum atomic E-state index is 11.2. The van der Waals surface area contributed by atoms with Crippen LogP contribution in [0.2, 0.25) is 0 Å². The summed E-state index contributed by atoms with van der Waals surface area (Å²) in [5.41, 5.74) is 2.28. The number of rotatable bonds is 5. The number of hydrogen-bond acceptors (Lipinski definition) is 3. The molecule has 4 heteroatoms. The summed E-state index contributed by atoms with van der Waals surface area (Å²) in [7, 11) is 0. The van der Waals surface area contributed by atoms with E-state index in [-0.39, 0.29) is 0 Å². The van der Waals surface area contributed by atoms with Crippen LogP contribution < -0.4 is 4.74 Å². The first-order valence-corrected chi connectivity index (χ1v) is 7.70. The van der Waals surface area contributed by atoms with Crippen molar-refractivity contribution in [2.45, 2.75) is 6.61 Å². The molecule has 0 spiro atoms. The molecule has 1 N–H and O–H groups in total. The molecule has 0 bridgehead atoms. The van der Waals surface area contributed by atoms with Crippen molar-refractivity contribution in [3.05, 3.63) is 77.2 Å². The molecule has 0 fully saturated rings. The molecule has 0 radical (unpaired) electrons. The molecule has 1 aromatic heterocycles. The Labute approximate surface area is 132 Å². The Morgan fingerprint density at radius 1 is 1.05 bits per heavy atom. The molecule has 0 aliphatic heterocycles. The minimum Gasteiger partial charge on any atom is -0.489 e. The standard InChI is InChI=1S/C18H14O3S/c19-18(20)16-9-10-22-17(16)14-7-4-8-15(11-14)21-12-13-5-2-1-3-6-13/h1-11H,12H2,(H,19,20). The summed E-state index contributed by atoms with van der Waals surface area (Å²) in [5.74, 6) is -0.182. The van der Waals surface area contributed by atoms with Crippen LogP contribution >= 0.6 is 11.3 Å². The highest BCUT2D eigenvalue weighted by molar-refractivity contribution is 7.14. The fraction of sp³-hybridized carbons (Fsp3) is 0.0556. The lowest BCUT2D eigenvalue weighted by molar-refractivity contribution is 0.0698. The van der Waals surface area contributed by atoms with Crippen LogP contribution in [0.25, 0.3) is 10.4 Å². The molecule has 0 saturated carbocycles. The van der Waals surface area contributed by atoms with Gasteiger partial charge in [-0.05, 0) is 34.7 Å². The van der Waals surface area contributed by atoms with E-state index >= 15 is 0 Å². The van der Waals surface area contributed by atoms with Gasteiger partial charge in [0.1, 0.15) is 12.4 Å². The van der Waals surface area contributed by atoms with Crippen molar-refractivity contribution in [2.24, 2.45) is 0 Å². The summed E-state index contributed by atoms with van der Waals surface area (Å²) in [4.78, 5) is 12.0. The van der Waals surface area contributed by atoms with Crippen molar-refractivity contribution < 1.29 is 14.6 Å². The molecular formula is C18H14O3S. The zero-order valence-corrected chi connectivity index (χ0v) is 12.5. The number of carbonyl (C=O) groups is 1. The first-order chi connectivity index (χ1) is 10.7. The highest BCUT2D eigenvalue weighted by atomic mass is 32.1. The van der Waals surface area contributed by atoms with Gasteiger partial charge in [0.2, 0.25) is 0 Å². The number of benzene rings is 2. The third kappa shape index (κ3) is 3.18. The Balaban J connectivity index is 1.81. The van der Waals surface area contributed by atoms with Crippen LogP contribution in [0, 0.1) is 0 Å². The Bertz CT molecular complexity index is 778. The van der Waals surface area contributed by atoms with Crippen LogP contribution in [0.15, 0.2) is 66.0 Å². The molecule has 0 atom stereocenters. The van der Waals surface area contributed by atoms with E-state index in [0.29, 0.717) is 12.2 Å². The van der Waals surface area contributed by atoms with E-state index in [0.717, 1.165) is 21.8 Å². The summed E-state index contributed by atoms with van der Waals surface area (Å²) in [6.45, 7) is 0.487. The van der Waals surface area contributed by atoms with E-state index in [9.17, 15) is 9.90 Å². The first kappa shape index (κ1) is 14.4. The lowest BCUT2D eigenvalue weighted by atomic mass is 10.1. The first-order valence-electron chi connectivity index (χ1n) is 6.82. The summed E-state index contributed by atoms with van der Waals surface area (Å²) in [5, 5.41) is 11.0. The SMILES string of the molecule is O=C(O)c1ccsc1-c1cccc(OCc2ccccc2)c1. The highest BCUT2D eigenvalue weighted by Crippen LogP contribution is 2.32. The molecule has 1 heterocycles. The average Bonchev–Trinajstić information content (AvgIpc) is 3.04. The van der Waals surface area contributed by atoms with Gasteiger partial charge >= 0.3 is 5.97 Å². The summed E-state index contributed by atoms with van der Waals surface area (Å²) < 4.78 is 5.79. The van der Waals surface area contributed by atoms with Gasteiger partial charge in [0.15, 0.2) is 0 Å². The fourth-order valence-corrected chi connectivity index (χ4v) is 3.05. The fourth-order valence-electron chi connectivity index (χ4n) is 2.17. The van der Waals surface area contributed by atoms with Crippen LogP contribution in [0.3, 0.4) is 0 Å². The number of ether oxygens (including phenoxy) is 1. The smallest absolute Gasteiger partial charge is 0.337 e. The third-order valence-electron chi connectivity index (χ3n) is 3.24. The Hall–Kier alpha value is -2.59. The largest absolute Gasteiger partial charge is 0.489 e. The molecule has 3 nitrogen and oxygen atoms in total. The lowest BCUT2D eigenvalue weighted by Crippen LogP contribution is -1.97. The van der Waals surface area contributed by atoms with Gasteiger partial charge in [0.25, 0.3) is 0 Å². The van der Waals surface area contributed by atoms with Gasteiger partial charge < -0.3 is 9.84 Å². The van der Waals surface area contributed by atoms with Crippen molar-refractivity contribution >= 4 is 17.3 Å². The van der Waals surface area contributed by atoms with Crippen LogP contribution in [0.1, 0.15) is 15.9 Å². The van der Waals surface area contributed by atoms with Gasteiger partial charge in [-0.15, -0.1) is 11.3 Å². The van der Waals surface area contributed by atoms with E-state index in [1.165, 1.54) is 11.3 Å². The summed E-state index contributed by atoms with van der Waals surface area (Å²) >= 11 is 1.42. The molecule has 0 amide bonds. The second kappa shape index (κ2) is 6.45. The van der Waals surface area contributed by atoms with Gasteiger partial charge in [-0.3, -0.25) is 0 Å². The minimum atomic E-state index is -0.910. The second-order valence-electron chi connectivity index (χ2n) is 4.77. The van der Waals surface area contributed by atoms with E-state index in [1.54, 1.807) is 11.4 Å². The van der Waals surface area contributed by atoms with Crippen molar-refractivity contribution in [3.8, 4) is 16.2 Å². The predicted octanol–water partition coefficient (Wildman–Crippen LogP) is 4.69. The number of thiophene rings is 1. The molecule has 0 saturated heterocycles. The topological polar surface area (TPSA) is 46.5 Å². The number of carboxylic acids is 1. The van der Waals surface area contributed by atoms with E-state index in [4.69, 9.17) is 4.74 Å². The van der Waals surface area contributed by atoms with Crippen molar-refractivity contribution in [2.75, 3.05) is 0 Å². The van der Waals surface area contributed by atoms with E-state index < -0.39 is 5.97 Å². The molecule has 110 valence electrons. The number of aromatic carboxylic acids is 1. The monoisotopic (exact) mass is 310 g/mol. The van der Waals surface area contributed by atoms with Crippen molar-refractivity contribution in [1.82, 2.24) is 0 Å². The Morgan fingerprint density at radius 2 is 1.86 bits per heavy atom. The van der Waals surface area contributed by atoms with Crippen molar-refractivity contribution in [1.29, 1.82) is 0 Å². The van der Waals surface area contributed by atoms with Gasteiger partial charge in [0, 0.05) is 4.88 Å². The zero-order chi connectivity index (χ0) is 15.4. The third-order valence-corrected chi connectivity index (χ3v) is 4.20. The molecule has 0 unspecified atom stereocenters. The van der Waals surface area contributed by atoms with Crippen LogP contribution in [-0.2, 0) is 6.61 Å². The Morgan fingerprint density at radius 3 is 2.64 bits per heavy atom. The Kier molecular flexibility index (Phi) is 4.21. The zero-order valence-electron chi connectivity index (χ0n) is 11.7. The number of hydrogen-bond donors (Lipinski definition) is 1. The molecule has 0 aliphatic carbocycles.